The third kappa shape index (κ3) is 3.08. The molecule has 0 aliphatic heterocycles. The molecule has 2 rings (SSSR count). The third-order valence-electron chi connectivity index (χ3n) is 4.43. The number of aliphatic hydroxyl groups excluding tert-OH is 2. The van der Waals surface area contributed by atoms with E-state index in [1.165, 1.54) is 12.8 Å². The molecule has 1 saturated carbocycles. The van der Waals surface area contributed by atoms with Gasteiger partial charge in [0.15, 0.2) is 0 Å². The molecule has 106 valence electrons. The van der Waals surface area contributed by atoms with Gasteiger partial charge in [0.1, 0.15) is 0 Å². The summed E-state index contributed by atoms with van der Waals surface area (Å²) in [6.45, 7) is -0.0337. The molecule has 1 fully saturated rings. The van der Waals surface area contributed by atoms with E-state index in [-0.39, 0.29) is 13.2 Å². The minimum atomic E-state index is -0.481. The highest BCUT2D eigenvalue weighted by Gasteiger charge is 2.39. The molecule has 0 heterocycles. The quantitative estimate of drug-likeness (QED) is 0.871. The van der Waals surface area contributed by atoms with Gasteiger partial charge in [0.2, 0.25) is 0 Å². The maximum Gasteiger partial charge on any atom is 0.0624 e. The Morgan fingerprint density at radius 1 is 1.11 bits per heavy atom. The first kappa shape index (κ1) is 15.1. The molecule has 0 unspecified atom stereocenters. The maximum atomic E-state index is 9.82. The smallest absolute Gasteiger partial charge is 0.0624 e. The highest BCUT2D eigenvalue weighted by molar-refractivity contribution is 6.42. The Balaban J connectivity index is 2.27. The molecule has 1 aromatic rings. The molecule has 0 spiro atoms. The van der Waals surface area contributed by atoms with E-state index in [9.17, 15) is 10.2 Å². The molecule has 1 aromatic carbocycles. The van der Waals surface area contributed by atoms with E-state index in [2.05, 4.69) is 0 Å². The van der Waals surface area contributed by atoms with Gasteiger partial charge in [-0.2, -0.15) is 0 Å². The summed E-state index contributed by atoms with van der Waals surface area (Å²) in [6.07, 6.45) is 5.06. The lowest BCUT2D eigenvalue weighted by molar-refractivity contribution is 0.00572. The van der Waals surface area contributed by atoms with Crippen molar-refractivity contribution in [3.8, 4) is 0 Å². The largest absolute Gasteiger partial charge is 0.396 e. The van der Waals surface area contributed by atoms with E-state index in [0.717, 1.165) is 18.4 Å². The van der Waals surface area contributed by atoms with Crippen LogP contribution in [0.1, 0.15) is 31.2 Å². The van der Waals surface area contributed by atoms with Crippen LogP contribution < -0.4 is 0 Å². The second-order valence-corrected chi connectivity index (χ2v) is 6.33. The molecule has 1 aliphatic carbocycles. The summed E-state index contributed by atoms with van der Waals surface area (Å²) in [6, 6.07) is 5.53. The average Bonchev–Trinajstić information content (AvgIpc) is 2.95. The maximum absolute atomic E-state index is 9.82. The molecule has 0 atom stereocenters. The van der Waals surface area contributed by atoms with Crippen molar-refractivity contribution in [3.63, 3.8) is 0 Å². The topological polar surface area (TPSA) is 40.5 Å². The molecule has 4 heteroatoms. The zero-order chi connectivity index (χ0) is 13.9. The first-order valence-electron chi connectivity index (χ1n) is 6.77. The van der Waals surface area contributed by atoms with Gasteiger partial charge in [-0.05, 0) is 36.8 Å². The summed E-state index contributed by atoms with van der Waals surface area (Å²) in [5.41, 5.74) is 0.425. The van der Waals surface area contributed by atoms with Gasteiger partial charge in [-0.1, -0.05) is 48.2 Å². The van der Waals surface area contributed by atoms with Crippen molar-refractivity contribution in [2.24, 2.45) is 11.3 Å². The number of aliphatic hydroxyl groups is 2. The van der Waals surface area contributed by atoms with Crippen molar-refractivity contribution >= 4 is 23.2 Å². The van der Waals surface area contributed by atoms with E-state index in [0.29, 0.717) is 22.4 Å². The minimum Gasteiger partial charge on any atom is -0.396 e. The molecular formula is C15H20Cl2O2. The SMILES string of the molecule is OCC(CO)(Cc1cccc(Cl)c1Cl)C1CCCC1. The Bertz CT molecular complexity index is 424. The van der Waals surface area contributed by atoms with Crippen LogP contribution in [0.5, 0.6) is 0 Å². The Kier molecular flexibility index (Phi) is 5.13. The first-order chi connectivity index (χ1) is 9.13. The summed E-state index contributed by atoms with van der Waals surface area (Å²) in [5, 5.41) is 20.7. The molecule has 1 aliphatic rings. The molecule has 0 amide bonds. The summed E-state index contributed by atoms with van der Waals surface area (Å²) in [4.78, 5) is 0. The molecule has 0 bridgehead atoms. The average molecular weight is 303 g/mol. The van der Waals surface area contributed by atoms with E-state index in [4.69, 9.17) is 23.2 Å². The second-order valence-electron chi connectivity index (χ2n) is 5.55. The number of halogens is 2. The van der Waals surface area contributed by atoms with Crippen LogP contribution in [-0.2, 0) is 6.42 Å². The predicted molar refractivity (Wildman–Crippen MR) is 78.7 cm³/mol. The van der Waals surface area contributed by atoms with Crippen molar-refractivity contribution in [2.75, 3.05) is 13.2 Å². The van der Waals surface area contributed by atoms with Gasteiger partial charge in [0.25, 0.3) is 0 Å². The van der Waals surface area contributed by atoms with Crippen LogP contribution in [0.2, 0.25) is 10.0 Å². The van der Waals surface area contributed by atoms with Gasteiger partial charge >= 0.3 is 0 Å². The second kappa shape index (κ2) is 6.45. The van der Waals surface area contributed by atoms with E-state index < -0.39 is 5.41 Å². The fourth-order valence-electron chi connectivity index (χ4n) is 3.17. The summed E-state index contributed by atoms with van der Waals surface area (Å²) in [5.74, 6) is 0.359. The summed E-state index contributed by atoms with van der Waals surface area (Å²) >= 11 is 12.3. The summed E-state index contributed by atoms with van der Waals surface area (Å²) in [7, 11) is 0. The lowest BCUT2D eigenvalue weighted by atomic mass is 9.71. The van der Waals surface area contributed by atoms with Crippen molar-refractivity contribution in [2.45, 2.75) is 32.1 Å². The van der Waals surface area contributed by atoms with Gasteiger partial charge in [-0.25, -0.2) is 0 Å². The zero-order valence-electron chi connectivity index (χ0n) is 10.9. The normalized spacial score (nSPS) is 17.1. The number of hydrogen-bond acceptors (Lipinski definition) is 2. The van der Waals surface area contributed by atoms with Crippen molar-refractivity contribution in [1.82, 2.24) is 0 Å². The van der Waals surface area contributed by atoms with Crippen molar-refractivity contribution in [3.05, 3.63) is 33.8 Å². The van der Waals surface area contributed by atoms with Gasteiger partial charge < -0.3 is 10.2 Å². The first-order valence-corrected chi connectivity index (χ1v) is 7.53. The standard InChI is InChI=1S/C15H20Cl2O2/c16-13-7-3-4-11(14(13)17)8-15(9-18,10-19)12-5-1-2-6-12/h3-4,7,12,18-19H,1-2,5-6,8-10H2. The van der Waals surface area contributed by atoms with E-state index in [1.54, 1.807) is 6.07 Å². The molecule has 2 N–H and O–H groups in total. The monoisotopic (exact) mass is 302 g/mol. The Morgan fingerprint density at radius 2 is 1.74 bits per heavy atom. The Hall–Kier alpha value is -0.280. The van der Waals surface area contributed by atoms with Gasteiger partial charge in [-0.3, -0.25) is 0 Å². The predicted octanol–water partition coefficient (Wildman–Crippen LogP) is 3.70. The molecule has 0 radical (unpaired) electrons. The van der Waals surface area contributed by atoms with Crippen LogP contribution in [0.4, 0.5) is 0 Å². The number of rotatable bonds is 5. The van der Waals surface area contributed by atoms with E-state index in [1.807, 2.05) is 12.1 Å². The van der Waals surface area contributed by atoms with E-state index >= 15 is 0 Å². The van der Waals surface area contributed by atoms with Crippen LogP contribution in [-0.4, -0.2) is 23.4 Å². The van der Waals surface area contributed by atoms with Crippen LogP contribution in [0.15, 0.2) is 18.2 Å². The van der Waals surface area contributed by atoms with Crippen LogP contribution in [0, 0.1) is 11.3 Å². The van der Waals surface area contributed by atoms with Crippen molar-refractivity contribution < 1.29 is 10.2 Å². The molecule has 19 heavy (non-hydrogen) atoms. The van der Waals surface area contributed by atoms with Crippen LogP contribution in [0.25, 0.3) is 0 Å². The molecule has 0 aromatic heterocycles. The lowest BCUT2D eigenvalue weighted by Gasteiger charge is -2.36. The van der Waals surface area contributed by atoms with Gasteiger partial charge in [-0.15, -0.1) is 0 Å². The number of benzene rings is 1. The Morgan fingerprint density at radius 3 is 2.32 bits per heavy atom. The van der Waals surface area contributed by atoms with Crippen LogP contribution in [0.3, 0.4) is 0 Å². The summed E-state index contributed by atoms with van der Waals surface area (Å²) < 4.78 is 0. The Labute approximate surface area is 124 Å². The van der Waals surface area contributed by atoms with Crippen molar-refractivity contribution in [1.29, 1.82) is 0 Å². The third-order valence-corrected chi connectivity index (χ3v) is 5.28. The fourth-order valence-corrected chi connectivity index (χ4v) is 3.55. The molecule has 2 nitrogen and oxygen atoms in total. The number of hydrogen-bond donors (Lipinski definition) is 2. The molecular weight excluding hydrogens is 283 g/mol. The lowest BCUT2D eigenvalue weighted by Crippen LogP contribution is -2.39. The van der Waals surface area contributed by atoms with Gasteiger partial charge in [0.05, 0.1) is 23.3 Å². The highest BCUT2D eigenvalue weighted by Crippen LogP contribution is 2.43. The fraction of sp³-hybridized carbons (Fsp3) is 0.600. The zero-order valence-corrected chi connectivity index (χ0v) is 12.4. The highest BCUT2D eigenvalue weighted by atomic mass is 35.5. The van der Waals surface area contributed by atoms with Crippen LogP contribution >= 0.6 is 23.2 Å². The molecule has 0 saturated heterocycles. The van der Waals surface area contributed by atoms with Gasteiger partial charge in [0, 0.05) is 5.41 Å². The minimum absolute atomic E-state index is 0.0169.